The summed E-state index contributed by atoms with van der Waals surface area (Å²) in [4.78, 5) is 0. The Morgan fingerprint density at radius 1 is 1.04 bits per heavy atom. The Morgan fingerprint density at radius 2 is 1.83 bits per heavy atom. The maximum absolute atomic E-state index is 12.3. The third kappa shape index (κ3) is 5.15. The lowest BCUT2D eigenvalue weighted by molar-refractivity contribution is 0.391. The van der Waals surface area contributed by atoms with Crippen molar-refractivity contribution in [3.8, 4) is 11.5 Å². The van der Waals surface area contributed by atoms with E-state index in [1.54, 1.807) is 50.6 Å². The fraction of sp³-hybridized carbons (Fsp3) is 0.294. The van der Waals surface area contributed by atoms with Gasteiger partial charge in [0.05, 0.1) is 25.7 Å². The van der Waals surface area contributed by atoms with Crippen LogP contribution in [0.3, 0.4) is 0 Å². The fourth-order valence-corrected chi connectivity index (χ4v) is 3.85. The van der Waals surface area contributed by atoms with Crippen molar-refractivity contribution in [3.63, 3.8) is 0 Å². The molecule has 0 aromatic heterocycles. The number of aryl methyl sites for hydroxylation is 1. The molecule has 0 atom stereocenters. The van der Waals surface area contributed by atoms with Gasteiger partial charge in [-0.05, 0) is 35.7 Å². The second-order valence-electron chi connectivity index (χ2n) is 5.15. The van der Waals surface area contributed by atoms with E-state index in [1.807, 2.05) is 6.07 Å². The van der Waals surface area contributed by atoms with Crippen molar-refractivity contribution in [3.05, 3.63) is 58.6 Å². The molecule has 0 aliphatic carbocycles. The predicted octanol–water partition coefficient (Wildman–Crippen LogP) is 3.51. The summed E-state index contributed by atoms with van der Waals surface area (Å²) in [6, 6.07) is 12.3. The summed E-state index contributed by atoms with van der Waals surface area (Å²) >= 11 is 5.89. The van der Waals surface area contributed by atoms with E-state index < -0.39 is 9.84 Å². The first-order chi connectivity index (χ1) is 10.9. The summed E-state index contributed by atoms with van der Waals surface area (Å²) in [5.41, 5.74) is 1.53. The average molecular weight is 355 g/mol. The molecule has 0 heterocycles. The van der Waals surface area contributed by atoms with E-state index in [1.165, 1.54) is 0 Å². The molecule has 2 aromatic carbocycles. The molecular formula is C17H19ClO4S. The van der Waals surface area contributed by atoms with Crippen molar-refractivity contribution in [1.29, 1.82) is 0 Å². The van der Waals surface area contributed by atoms with Crippen molar-refractivity contribution >= 4 is 21.4 Å². The van der Waals surface area contributed by atoms with E-state index in [0.717, 1.165) is 5.56 Å². The van der Waals surface area contributed by atoms with Gasteiger partial charge < -0.3 is 9.47 Å². The SMILES string of the molecule is COc1ccc(CCS(=O)(=O)Cc2cccc(Cl)c2)c(OC)c1. The lowest BCUT2D eigenvalue weighted by Crippen LogP contribution is -2.12. The van der Waals surface area contributed by atoms with Gasteiger partial charge in [0.1, 0.15) is 11.5 Å². The predicted molar refractivity (Wildman–Crippen MR) is 92.2 cm³/mol. The van der Waals surface area contributed by atoms with Crippen LogP contribution in [0.2, 0.25) is 5.02 Å². The molecule has 6 heteroatoms. The highest BCUT2D eigenvalue weighted by Gasteiger charge is 2.14. The second-order valence-corrected chi connectivity index (χ2v) is 7.77. The number of hydrogen-bond acceptors (Lipinski definition) is 4. The van der Waals surface area contributed by atoms with Crippen LogP contribution < -0.4 is 9.47 Å². The molecule has 0 saturated carbocycles. The number of benzene rings is 2. The molecule has 0 spiro atoms. The lowest BCUT2D eigenvalue weighted by atomic mass is 10.1. The van der Waals surface area contributed by atoms with E-state index in [2.05, 4.69) is 0 Å². The fourth-order valence-electron chi connectivity index (χ4n) is 2.28. The van der Waals surface area contributed by atoms with Gasteiger partial charge in [0.2, 0.25) is 0 Å². The van der Waals surface area contributed by atoms with Crippen molar-refractivity contribution in [2.45, 2.75) is 12.2 Å². The van der Waals surface area contributed by atoms with Crippen molar-refractivity contribution in [2.75, 3.05) is 20.0 Å². The zero-order valence-corrected chi connectivity index (χ0v) is 14.7. The summed E-state index contributed by atoms with van der Waals surface area (Å²) in [6.07, 6.45) is 0.385. The average Bonchev–Trinajstić information content (AvgIpc) is 2.52. The highest BCUT2D eigenvalue weighted by molar-refractivity contribution is 7.90. The Morgan fingerprint density at radius 3 is 2.48 bits per heavy atom. The molecule has 4 nitrogen and oxygen atoms in total. The third-order valence-corrected chi connectivity index (χ3v) is 5.29. The molecule has 0 saturated heterocycles. The van der Waals surface area contributed by atoms with Crippen LogP contribution in [-0.4, -0.2) is 28.4 Å². The minimum absolute atomic E-state index is 0.0218. The van der Waals surface area contributed by atoms with Crippen LogP contribution in [-0.2, 0) is 22.0 Å². The monoisotopic (exact) mass is 354 g/mol. The minimum atomic E-state index is -3.24. The Kier molecular flexibility index (Phi) is 5.91. The second kappa shape index (κ2) is 7.70. The number of sulfone groups is 1. The minimum Gasteiger partial charge on any atom is -0.497 e. The summed E-state index contributed by atoms with van der Waals surface area (Å²) in [6.45, 7) is 0. The van der Waals surface area contributed by atoms with E-state index in [-0.39, 0.29) is 11.5 Å². The van der Waals surface area contributed by atoms with Gasteiger partial charge in [-0.15, -0.1) is 0 Å². The molecule has 0 fully saturated rings. The van der Waals surface area contributed by atoms with Crippen LogP contribution >= 0.6 is 11.6 Å². The highest BCUT2D eigenvalue weighted by Crippen LogP contribution is 2.25. The molecule has 0 amide bonds. The van der Waals surface area contributed by atoms with Gasteiger partial charge in [0.25, 0.3) is 0 Å². The Bertz CT molecular complexity index is 772. The van der Waals surface area contributed by atoms with Crippen LogP contribution in [0.1, 0.15) is 11.1 Å². The van der Waals surface area contributed by atoms with E-state index in [9.17, 15) is 8.42 Å². The molecule has 0 aliphatic heterocycles. The van der Waals surface area contributed by atoms with Crippen LogP contribution in [0, 0.1) is 0 Å². The molecule has 0 N–H and O–H groups in total. The Balaban J connectivity index is 2.07. The zero-order chi connectivity index (χ0) is 16.9. The van der Waals surface area contributed by atoms with Gasteiger partial charge in [-0.3, -0.25) is 0 Å². The molecular weight excluding hydrogens is 336 g/mol. The molecule has 2 rings (SSSR count). The zero-order valence-electron chi connectivity index (χ0n) is 13.1. The molecule has 124 valence electrons. The van der Waals surface area contributed by atoms with Crippen LogP contribution in [0.5, 0.6) is 11.5 Å². The van der Waals surface area contributed by atoms with Crippen molar-refractivity contribution in [1.82, 2.24) is 0 Å². The first-order valence-corrected chi connectivity index (χ1v) is 9.29. The van der Waals surface area contributed by atoms with Crippen LogP contribution in [0.4, 0.5) is 0 Å². The lowest BCUT2D eigenvalue weighted by Gasteiger charge is -2.11. The van der Waals surface area contributed by atoms with Gasteiger partial charge in [-0.25, -0.2) is 8.42 Å². The van der Waals surface area contributed by atoms with Gasteiger partial charge in [0.15, 0.2) is 9.84 Å². The Hall–Kier alpha value is -1.72. The maximum Gasteiger partial charge on any atom is 0.154 e. The molecule has 0 unspecified atom stereocenters. The van der Waals surface area contributed by atoms with Gasteiger partial charge >= 0.3 is 0 Å². The summed E-state index contributed by atoms with van der Waals surface area (Å²) in [7, 11) is -0.108. The topological polar surface area (TPSA) is 52.6 Å². The molecule has 23 heavy (non-hydrogen) atoms. The largest absolute Gasteiger partial charge is 0.497 e. The summed E-state index contributed by atoms with van der Waals surface area (Å²) in [5, 5.41) is 0.537. The first kappa shape index (κ1) is 17.6. The van der Waals surface area contributed by atoms with Crippen LogP contribution in [0.15, 0.2) is 42.5 Å². The number of halogens is 1. The quantitative estimate of drug-likeness (QED) is 0.763. The van der Waals surface area contributed by atoms with Crippen molar-refractivity contribution in [2.24, 2.45) is 0 Å². The smallest absolute Gasteiger partial charge is 0.154 e. The van der Waals surface area contributed by atoms with E-state index >= 15 is 0 Å². The van der Waals surface area contributed by atoms with Gasteiger partial charge in [-0.2, -0.15) is 0 Å². The van der Waals surface area contributed by atoms with Gasteiger partial charge in [-0.1, -0.05) is 29.8 Å². The first-order valence-electron chi connectivity index (χ1n) is 7.09. The number of methoxy groups -OCH3 is 2. The Labute approximate surface area is 141 Å². The summed E-state index contributed by atoms with van der Waals surface area (Å²) in [5.74, 6) is 1.32. The standard InChI is InChI=1S/C17H19ClO4S/c1-21-16-7-6-14(17(11-16)22-2)8-9-23(19,20)12-13-4-3-5-15(18)10-13/h3-7,10-11H,8-9,12H2,1-2H3. The molecule has 0 radical (unpaired) electrons. The molecule has 0 aliphatic rings. The highest BCUT2D eigenvalue weighted by atomic mass is 35.5. The number of rotatable bonds is 7. The van der Waals surface area contributed by atoms with E-state index in [4.69, 9.17) is 21.1 Å². The third-order valence-electron chi connectivity index (χ3n) is 3.45. The normalized spacial score (nSPS) is 11.3. The van der Waals surface area contributed by atoms with Crippen molar-refractivity contribution < 1.29 is 17.9 Å². The maximum atomic E-state index is 12.3. The van der Waals surface area contributed by atoms with Crippen LogP contribution in [0.25, 0.3) is 0 Å². The number of ether oxygens (including phenoxy) is 2. The van der Waals surface area contributed by atoms with E-state index in [0.29, 0.717) is 28.5 Å². The van der Waals surface area contributed by atoms with Gasteiger partial charge in [0, 0.05) is 11.1 Å². The molecule has 2 aromatic rings. The summed E-state index contributed by atoms with van der Waals surface area (Å²) < 4.78 is 35.0. The number of hydrogen-bond donors (Lipinski definition) is 0. The molecule has 0 bridgehead atoms.